The van der Waals surface area contributed by atoms with Crippen LogP contribution in [0.5, 0.6) is 0 Å². The van der Waals surface area contributed by atoms with Gasteiger partial charge < -0.3 is 15.8 Å². The molecule has 2 bridgehead atoms. The molecule has 2 heterocycles. The van der Waals surface area contributed by atoms with Gasteiger partial charge in [0.05, 0.1) is 6.61 Å². The van der Waals surface area contributed by atoms with E-state index in [1.54, 1.807) is 0 Å². The molecule has 0 aliphatic carbocycles. The zero-order valence-electron chi connectivity index (χ0n) is 11.6. The molecule has 2 aliphatic heterocycles. The smallest absolute Gasteiger partial charge is 0.0603 e. The first-order chi connectivity index (χ1) is 9.28. The van der Waals surface area contributed by atoms with Gasteiger partial charge in [0.1, 0.15) is 0 Å². The molecule has 2 rings (SSSR count). The molecule has 0 aromatic rings. The molecule has 4 N–H and O–H groups in total. The van der Waals surface area contributed by atoms with Crippen LogP contribution in [0.15, 0.2) is 11.8 Å². The molecule has 19 heavy (non-hydrogen) atoms. The van der Waals surface area contributed by atoms with Gasteiger partial charge in [-0.05, 0) is 25.5 Å². The first-order valence-electron chi connectivity index (χ1n) is 7.00. The normalized spacial score (nSPS) is 28.6. The molecule has 0 spiro atoms. The summed E-state index contributed by atoms with van der Waals surface area (Å²) >= 11 is 0. The minimum absolute atomic E-state index is 0.118. The van der Waals surface area contributed by atoms with Crippen LogP contribution in [0, 0.1) is 5.41 Å². The van der Waals surface area contributed by atoms with Gasteiger partial charge in [-0.1, -0.05) is 0 Å². The van der Waals surface area contributed by atoms with Crippen molar-refractivity contribution in [1.29, 1.82) is 5.41 Å². The summed E-state index contributed by atoms with van der Waals surface area (Å²) in [5.74, 6) is 0. The summed E-state index contributed by atoms with van der Waals surface area (Å²) in [4.78, 5) is 2.42. The number of nitrogens with one attached hydrogen (secondary N) is 3. The molecule has 2 unspecified atom stereocenters. The Kier molecular flexibility index (Phi) is 5.33. The Hall–Kier alpha value is -0.950. The summed E-state index contributed by atoms with van der Waals surface area (Å²) in [6, 6.07) is 1.20. The summed E-state index contributed by atoms with van der Waals surface area (Å²) in [5.41, 5.74) is 4.27. The van der Waals surface area contributed by atoms with Crippen molar-refractivity contribution in [2.24, 2.45) is 0 Å². The fourth-order valence-corrected chi connectivity index (χ4v) is 3.14. The number of hydrogen-bond acceptors (Lipinski definition) is 6. The van der Waals surface area contributed by atoms with Gasteiger partial charge in [0.2, 0.25) is 0 Å². The van der Waals surface area contributed by atoms with Crippen molar-refractivity contribution in [2.45, 2.75) is 24.9 Å². The van der Waals surface area contributed by atoms with E-state index >= 15 is 0 Å². The van der Waals surface area contributed by atoms with E-state index < -0.39 is 0 Å². The SMILES string of the molecule is CNN1C2CCC1CN(C/C(C=N)=C/NCCO)C2. The lowest BCUT2D eigenvalue weighted by atomic mass is 10.2. The largest absolute Gasteiger partial charge is 0.395 e. The van der Waals surface area contributed by atoms with Crippen molar-refractivity contribution < 1.29 is 5.11 Å². The van der Waals surface area contributed by atoms with Crippen LogP contribution in [0.1, 0.15) is 12.8 Å². The molecule has 0 saturated carbocycles. The second kappa shape index (κ2) is 7.00. The van der Waals surface area contributed by atoms with Crippen molar-refractivity contribution in [3.8, 4) is 0 Å². The molecule has 108 valence electrons. The number of aliphatic hydroxyl groups is 1. The lowest BCUT2D eigenvalue weighted by Crippen LogP contribution is -2.57. The van der Waals surface area contributed by atoms with Gasteiger partial charge in [0.15, 0.2) is 0 Å². The fourth-order valence-electron chi connectivity index (χ4n) is 3.14. The van der Waals surface area contributed by atoms with E-state index in [2.05, 4.69) is 20.7 Å². The average Bonchev–Trinajstić information content (AvgIpc) is 2.67. The Bertz CT molecular complexity index is 319. The highest BCUT2D eigenvalue weighted by atomic mass is 16.3. The first-order valence-corrected chi connectivity index (χ1v) is 7.00. The minimum Gasteiger partial charge on any atom is -0.395 e. The van der Waals surface area contributed by atoms with E-state index in [9.17, 15) is 0 Å². The maximum absolute atomic E-state index is 8.74. The lowest BCUT2D eigenvalue weighted by Gasteiger charge is -2.40. The standard InChI is InChI=1S/C13H25N5O/c1-15-18-12-2-3-13(18)10-17(9-12)8-11(6-14)7-16-4-5-19/h6-7,12-16,19H,2-5,8-10H2,1H3/b11-7+,14-6?. The van der Waals surface area contributed by atoms with Gasteiger partial charge in [0, 0.05) is 50.7 Å². The molecular weight excluding hydrogens is 242 g/mol. The van der Waals surface area contributed by atoms with E-state index in [1.807, 2.05) is 13.2 Å². The highest BCUT2D eigenvalue weighted by molar-refractivity contribution is 5.76. The molecule has 0 amide bonds. The molecule has 2 saturated heterocycles. The quantitative estimate of drug-likeness (QED) is 0.366. The number of aliphatic hydroxyl groups excluding tert-OH is 1. The minimum atomic E-state index is 0.118. The number of hydrogen-bond donors (Lipinski definition) is 4. The third-order valence-electron chi connectivity index (χ3n) is 3.95. The fraction of sp³-hybridized carbons (Fsp3) is 0.769. The molecule has 2 aliphatic rings. The molecule has 0 aromatic carbocycles. The van der Waals surface area contributed by atoms with Crippen LogP contribution >= 0.6 is 0 Å². The van der Waals surface area contributed by atoms with E-state index in [1.165, 1.54) is 19.1 Å². The van der Waals surface area contributed by atoms with Gasteiger partial charge in [0.25, 0.3) is 0 Å². The number of likely N-dealkylation sites (tertiary alicyclic amines) is 1. The van der Waals surface area contributed by atoms with Crippen LogP contribution in [0.25, 0.3) is 0 Å². The lowest BCUT2D eigenvalue weighted by molar-refractivity contribution is 0.0385. The van der Waals surface area contributed by atoms with Crippen LogP contribution in [0.4, 0.5) is 0 Å². The van der Waals surface area contributed by atoms with Crippen LogP contribution in [-0.4, -0.2) is 73.1 Å². The second-order valence-electron chi connectivity index (χ2n) is 5.25. The first kappa shape index (κ1) is 14.5. The number of nitrogens with zero attached hydrogens (tertiary/aromatic N) is 2. The predicted octanol–water partition coefficient (Wildman–Crippen LogP) is -0.615. The molecule has 6 nitrogen and oxygen atoms in total. The number of fused-ring (bicyclic) bond motifs is 2. The Morgan fingerprint density at radius 1 is 1.37 bits per heavy atom. The van der Waals surface area contributed by atoms with Crippen molar-refractivity contribution in [3.63, 3.8) is 0 Å². The molecule has 2 atom stereocenters. The summed E-state index contributed by atoms with van der Waals surface area (Å²) in [6.45, 7) is 3.58. The number of rotatable bonds is 7. The van der Waals surface area contributed by atoms with Crippen molar-refractivity contribution in [3.05, 3.63) is 11.8 Å². The Morgan fingerprint density at radius 2 is 2.05 bits per heavy atom. The van der Waals surface area contributed by atoms with E-state index in [0.717, 1.165) is 25.2 Å². The summed E-state index contributed by atoms with van der Waals surface area (Å²) in [7, 11) is 2.00. The van der Waals surface area contributed by atoms with Crippen molar-refractivity contribution >= 4 is 6.21 Å². The van der Waals surface area contributed by atoms with E-state index in [0.29, 0.717) is 18.6 Å². The highest BCUT2D eigenvalue weighted by Crippen LogP contribution is 2.28. The Labute approximate surface area is 114 Å². The molecule has 6 heteroatoms. The van der Waals surface area contributed by atoms with E-state index in [4.69, 9.17) is 10.5 Å². The summed E-state index contributed by atoms with van der Waals surface area (Å²) in [6.07, 6.45) is 5.76. The maximum atomic E-state index is 8.74. The Balaban J connectivity index is 1.87. The van der Waals surface area contributed by atoms with Gasteiger partial charge in [-0.2, -0.15) is 0 Å². The summed E-state index contributed by atoms with van der Waals surface area (Å²) < 4.78 is 0. The number of piperazine rings is 1. The van der Waals surface area contributed by atoms with Crippen molar-refractivity contribution in [1.82, 2.24) is 20.7 Å². The molecule has 0 aromatic heterocycles. The van der Waals surface area contributed by atoms with Gasteiger partial charge in [-0.25, -0.2) is 5.01 Å². The van der Waals surface area contributed by atoms with Crippen LogP contribution in [-0.2, 0) is 0 Å². The summed E-state index contributed by atoms with van der Waals surface area (Å²) in [5, 5.41) is 21.6. The maximum Gasteiger partial charge on any atom is 0.0603 e. The monoisotopic (exact) mass is 267 g/mol. The van der Waals surface area contributed by atoms with Crippen LogP contribution in [0.2, 0.25) is 0 Å². The predicted molar refractivity (Wildman–Crippen MR) is 76.1 cm³/mol. The van der Waals surface area contributed by atoms with Crippen molar-refractivity contribution in [2.75, 3.05) is 39.8 Å². The third kappa shape index (κ3) is 3.54. The van der Waals surface area contributed by atoms with E-state index in [-0.39, 0.29) is 6.61 Å². The average molecular weight is 267 g/mol. The second-order valence-corrected chi connectivity index (χ2v) is 5.25. The van der Waals surface area contributed by atoms with Crippen LogP contribution < -0.4 is 10.7 Å². The highest BCUT2D eigenvalue weighted by Gasteiger charge is 2.39. The molecular formula is C13H25N5O. The Morgan fingerprint density at radius 3 is 2.58 bits per heavy atom. The van der Waals surface area contributed by atoms with Gasteiger partial charge >= 0.3 is 0 Å². The zero-order chi connectivity index (χ0) is 13.7. The van der Waals surface area contributed by atoms with Gasteiger partial charge in [-0.15, -0.1) is 0 Å². The van der Waals surface area contributed by atoms with Gasteiger partial charge in [-0.3, -0.25) is 10.3 Å². The number of hydrazine groups is 1. The van der Waals surface area contributed by atoms with Crippen LogP contribution in [0.3, 0.4) is 0 Å². The topological polar surface area (TPSA) is 74.6 Å². The molecule has 2 fully saturated rings. The zero-order valence-corrected chi connectivity index (χ0v) is 11.6. The molecule has 0 radical (unpaired) electrons. The third-order valence-corrected chi connectivity index (χ3v) is 3.95.